The molecule has 5 nitrogen and oxygen atoms in total. The van der Waals surface area contributed by atoms with E-state index in [9.17, 15) is 0 Å². The lowest BCUT2D eigenvalue weighted by molar-refractivity contribution is 0.669. The van der Waals surface area contributed by atoms with Crippen LogP contribution in [0.2, 0.25) is 0 Å². The number of nitrogens with zero attached hydrogens (tertiary/aromatic N) is 3. The first-order chi connectivity index (χ1) is 35.1. The van der Waals surface area contributed by atoms with Crippen molar-refractivity contribution in [3.63, 3.8) is 0 Å². The van der Waals surface area contributed by atoms with Gasteiger partial charge in [-0.3, -0.25) is 0 Å². The third-order valence-corrected chi connectivity index (χ3v) is 14.2. The summed E-state index contributed by atoms with van der Waals surface area (Å²) in [5, 5.41) is 11.0. The SMILES string of the molecule is [C-]#[N+]c1cc(-c2ccccc2)cc(N(c2ccc3ccc4c(N(c5cc(C)cc(-c6ccccc6)c5)c5cccc6c5oc5ccccc56)ccc5ccc2c3c54)c2cccc3c2oc2ccccc23)c1. The first-order valence-electron chi connectivity index (χ1n) is 23.9. The van der Waals surface area contributed by atoms with E-state index in [4.69, 9.17) is 15.4 Å². The van der Waals surface area contributed by atoms with Gasteiger partial charge in [-0.25, -0.2) is 4.85 Å². The molecule has 0 aliphatic heterocycles. The van der Waals surface area contributed by atoms with Gasteiger partial charge in [-0.05, 0) is 123 Å². The van der Waals surface area contributed by atoms with Gasteiger partial charge in [0.15, 0.2) is 16.9 Å². The van der Waals surface area contributed by atoms with E-state index < -0.39 is 0 Å². The fraction of sp³-hybridized carbons (Fsp3) is 0.0152. The molecular weight excluding hydrogens is 867 g/mol. The van der Waals surface area contributed by atoms with Crippen molar-refractivity contribution >= 4 is 116 Å². The van der Waals surface area contributed by atoms with Crippen molar-refractivity contribution < 1.29 is 8.83 Å². The van der Waals surface area contributed by atoms with Crippen molar-refractivity contribution in [3.8, 4) is 22.3 Å². The Bertz CT molecular complexity index is 4450. The molecular formula is C66H41N3O2. The van der Waals surface area contributed by atoms with Gasteiger partial charge in [-0.15, -0.1) is 0 Å². The first-order valence-corrected chi connectivity index (χ1v) is 23.9. The van der Waals surface area contributed by atoms with Crippen molar-refractivity contribution in [2.45, 2.75) is 6.92 Å². The lowest BCUT2D eigenvalue weighted by Crippen LogP contribution is -2.12. The molecule has 332 valence electrons. The molecule has 14 rings (SSSR count). The number of hydrogen-bond donors (Lipinski definition) is 0. The molecule has 12 aromatic carbocycles. The van der Waals surface area contributed by atoms with E-state index in [1.165, 1.54) is 5.39 Å². The number of aryl methyl sites for hydroxylation is 1. The van der Waals surface area contributed by atoms with Gasteiger partial charge in [-0.2, -0.15) is 0 Å². The Morgan fingerprint density at radius 3 is 1.32 bits per heavy atom. The third-order valence-electron chi connectivity index (χ3n) is 14.2. The van der Waals surface area contributed by atoms with Crippen molar-refractivity contribution in [1.29, 1.82) is 0 Å². The normalized spacial score (nSPS) is 11.7. The highest BCUT2D eigenvalue weighted by Gasteiger charge is 2.26. The Balaban J connectivity index is 1.05. The molecule has 0 saturated heterocycles. The van der Waals surface area contributed by atoms with E-state index in [2.05, 4.69) is 204 Å². The molecule has 2 heterocycles. The van der Waals surface area contributed by atoms with E-state index in [0.29, 0.717) is 5.69 Å². The zero-order valence-electron chi connectivity index (χ0n) is 38.6. The smallest absolute Gasteiger partial charge is 0.189 e. The summed E-state index contributed by atoms with van der Waals surface area (Å²) in [5.41, 5.74) is 15.0. The van der Waals surface area contributed by atoms with Crippen LogP contribution in [-0.4, -0.2) is 0 Å². The second-order valence-corrected chi connectivity index (χ2v) is 18.4. The molecule has 71 heavy (non-hydrogen) atoms. The molecule has 14 aromatic rings. The van der Waals surface area contributed by atoms with Crippen LogP contribution in [0.5, 0.6) is 0 Å². The minimum absolute atomic E-state index is 0.552. The molecule has 0 unspecified atom stereocenters. The zero-order valence-corrected chi connectivity index (χ0v) is 38.6. The lowest BCUT2D eigenvalue weighted by Gasteiger charge is -2.30. The maximum atomic E-state index is 8.32. The van der Waals surface area contributed by atoms with E-state index in [0.717, 1.165) is 133 Å². The minimum Gasteiger partial charge on any atom is -0.454 e. The Hall–Kier alpha value is -9.63. The Kier molecular flexibility index (Phi) is 9.11. The Morgan fingerprint density at radius 1 is 0.352 bits per heavy atom. The van der Waals surface area contributed by atoms with Gasteiger partial charge in [0.05, 0.1) is 29.3 Å². The van der Waals surface area contributed by atoms with Gasteiger partial charge in [0.2, 0.25) is 0 Å². The number of rotatable bonds is 8. The monoisotopic (exact) mass is 907 g/mol. The van der Waals surface area contributed by atoms with Gasteiger partial charge in [0, 0.05) is 43.7 Å². The average Bonchev–Trinajstić information content (AvgIpc) is 4.01. The van der Waals surface area contributed by atoms with Crippen LogP contribution < -0.4 is 9.80 Å². The highest BCUT2D eigenvalue weighted by molar-refractivity contribution is 6.29. The number of hydrogen-bond acceptors (Lipinski definition) is 4. The molecule has 0 saturated carbocycles. The van der Waals surface area contributed by atoms with Crippen LogP contribution in [0, 0.1) is 13.5 Å². The fourth-order valence-electron chi connectivity index (χ4n) is 11.1. The van der Waals surface area contributed by atoms with Gasteiger partial charge in [0.1, 0.15) is 11.2 Å². The molecule has 0 fully saturated rings. The number of anilines is 6. The summed E-state index contributed by atoms with van der Waals surface area (Å²) in [6, 6.07) is 81.4. The second kappa shape index (κ2) is 16.0. The lowest BCUT2D eigenvalue weighted by atomic mass is 9.91. The maximum Gasteiger partial charge on any atom is 0.189 e. The minimum atomic E-state index is 0.552. The highest BCUT2D eigenvalue weighted by Crippen LogP contribution is 2.51. The molecule has 0 aliphatic rings. The largest absolute Gasteiger partial charge is 0.454 e. The van der Waals surface area contributed by atoms with Gasteiger partial charge in [0.25, 0.3) is 0 Å². The fourth-order valence-corrected chi connectivity index (χ4v) is 11.1. The second-order valence-electron chi connectivity index (χ2n) is 18.4. The molecule has 0 N–H and O–H groups in total. The average molecular weight is 908 g/mol. The van der Waals surface area contributed by atoms with Crippen molar-refractivity contribution in [1.82, 2.24) is 0 Å². The van der Waals surface area contributed by atoms with Crippen LogP contribution in [0.15, 0.2) is 239 Å². The standard InChI is InChI=1S/C66H41N3O2/c1-41-35-46(42-15-5-3-6-16-42)38-49(36-41)68(59-23-13-21-53-51-19-9-11-25-61(51)70-65(53)59)57-33-29-44-28-32-56-58(34-30-45-27-31-55(57)63(44)64(45)56)69(50-39-47(37-48(40-50)67-2)43-17-7-4-8-18-43)60-24-14-22-54-52-20-10-12-26-62(52)71-66(54)60/h3-40H,1H3. The number of para-hydroxylation sites is 4. The summed E-state index contributed by atoms with van der Waals surface area (Å²) in [6.07, 6.45) is 0. The molecule has 0 spiro atoms. The van der Waals surface area contributed by atoms with Crippen molar-refractivity contribution in [3.05, 3.63) is 248 Å². The van der Waals surface area contributed by atoms with E-state index >= 15 is 0 Å². The third kappa shape index (κ3) is 6.46. The predicted octanol–water partition coefficient (Wildman–Crippen LogP) is 19.5. The van der Waals surface area contributed by atoms with Crippen molar-refractivity contribution in [2.24, 2.45) is 0 Å². The van der Waals surface area contributed by atoms with E-state index in [1.54, 1.807) is 0 Å². The van der Waals surface area contributed by atoms with Crippen LogP contribution >= 0.6 is 0 Å². The van der Waals surface area contributed by atoms with Crippen molar-refractivity contribution in [2.75, 3.05) is 9.80 Å². The number of fused-ring (bicyclic) bond motifs is 6. The summed E-state index contributed by atoms with van der Waals surface area (Å²) in [6.45, 7) is 10.5. The van der Waals surface area contributed by atoms with Crippen LogP contribution in [0.25, 0.3) is 103 Å². The molecule has 5 heteroatoms. The molecule has 0 radical (unpaired) electrons. The van der Waals surface area contributed by atoms with Crippen LogP contribution in [0.1, 0.15) is 5.56 Å². The summed E-state index contributed by atoms with van der Waals surface area (Å²) in [7, 11) is 0. The highest BCUT2D eigenvalue weighted by atomic mass is 16.3. The quantitative estimate of drug-likeness (QED) is 0.112. The van der Waals surface area contributed by atoms with Crippen LogP contribution in [0.3, 0.4) is 0 Å². The van der Waals surface area contributed by atoms with Gasteiger partial charge in [-0.1, -0.05) is 164 Å². The Labute approximate surface area is 409 Å². The number of benzene rings is 12. The van der Waals surface area contributed by atoms with Gasteiger partial charge < -0.3 is 18.6 Å². The van der Waals surface area contributed by atoms with Crippen LogP contribution in [-0.2, 0) is 0 Å². The van der Waals surface area contributed by atoms with Crippen LogP contribution in [0.4, 0.5) is 39.8 Å². The summed E-state index contributed by atoms with van der Waals surface area (Å²) >= 11 is 0. The molecule has 2 aromatic heterocycles. The van der Waals surface area contributed by atoms with E-state index in [1.807, 2.05) is 48.5 Å². The molecule has 0 bridgehead atoms. The Morgan fingerprint density at radius 2 is 0.803 bits per heavy atom. The molecule has 0 aliphatic carbocycles. The summed E-state index contributed by atoms with van der Waals surface area (Å²) < 4.78 is 13.6. The maximum absolute atomic E-state index is 8.32. The topological polar surface area (TPSA) is 37.1 Å². The number of furan rings is 2. The summed E-state index contributed by atoms with van der Waals surface area (Å²) in [4.78, 5) is 8.73. The first kappa shape index (κ1) is 40.4. The molecule has 0 atom stereocenters. The molecule has 0 amide bonds. The zero-order chi connectivity index (χ0) is 47.2. The van der Waals surface area contributed by atoms with Gasteiger partial charge >= 0.3 is 0 Å². The summed E-state index contributed by atoms with van der Waals surface area (Å²) in [5.74, 6) is 0. The predicted molar refractivity (Wildman–Crippen MR) is 296 cm³/mol. The van der Waals surface area contributed by atoms with E-state index in [-0.39, 0.29) is 0 Å².